The number of hydrogen-bond acceptors (Lipinski definition) is 6. The molecule has 0 spiro atoms. The van der Waals surface area contributed by atoms with Crippen LogP contribution in [-0.2, 0) is 4.74 Å². The van der Waals surface area contributed by atoms with E-state index in [-0.39, 0.29) is 5.54 Å². The molecule has 30 heavy (non-hydrogen) atoms. The van der Waals surface area contributed by atoms with E-state index in [2.05, 4.69) is 42.0 Å². The minimum Gasteiger partial charge on any atom is -0.365 e. The highest BCUT2D eigenvalue weighted by molar-refractivity contribution is 5.98. The van der Waals surface area contributed by atoms with Gasteiger partial charge >= 0.3 is 0 Å². The van der Waals surface area contributed by atoms with Crippen molar-refractivity contribution in [3.05, 3.63) is 41.6 Å². The molecule has 4 rings (SSSR count). The van der Waals surface area contributed by atoms with Crippen LogP contribution < -0.4 is 21.7 Å². The SMILES string of the molecule is CC1=CC(C)(C)N(c2nc(N/C=C\C(N)OC(C3CC3)C3CC3)ccc2C(N)=O)C1. The van der Waals surface area contributed by atoms with Crippen LogP contribution in [0, 0.1) is 11.8 Å². The van der Waals surface area contributed by atoms with Gasteiger partial charge in [-0.05, 0) is 76.5 Å². The van der Waals surface area contributed by atoms with Crippen LogP contribution in [0.1, 0.15) is 56.8 Å². The molecule has 1 aromatic rings. The summed E-state index contributed by atoms with van der Waals surface area (Å²) in [4.78, 5) is 18.8. The maximum absolute atomic E-state index is 12.0. The summed E-state index contributed by atoms with van der Waals surface area (Å²) >= 11 is 0. The molecule has 2 heterocycles. The Kier molecular flexibility index (Phi) is 5.59. The number of carbonyl (C=O) groups is 1. The number of nitrogens with two attached hydrogens (primary N) is 2. The van der Waals surface area contributed by atoms with Crippen LogP contribution >= 0.6 is 0 Å². The maximum atomic E-state index is 12.0. The molecule has 0 bridgehead atoms. The van der Waals surface area contributed by atoms with Gasteiger partial charge in [0.05, 0.1) is 17.2 Å². The lowest BCUT2D eigenvalue weighted by atomic mass is 10.0. The Morgan fingerprint density at radius 3 is 2.50 bits per heavy atom. The molecule has 1 aliphatic heterocycles. The van der Waals surface area contributed by atoms with Gasteiger partial charge in [0.25, 0.3) is 5.91 Å². The first-order valence-electron chi connectivity index (χ1n) is 10.9. The molecular formula is C23H33N5O2. The summed E-state index contributed by atoms with van der Waals surface area (Å²) in [5.41, 5.74) is 13.2. The van der Waals surface area contributed by atoms with Crippen molar-refractivity contribution in [3.63, 3.8) is 0 Å². The van der Waals surface area contributed by atoms with Crippen molar-refractivity contribution in [3.8, 4) is 0 Å². The van der Waals surface area contributed by atoms with Crippen LogP contribution in [-0.4, -0.2) is 35.3 Å². The fourth-order valence-electron chi connectivity index (χ4n) is 4.37. The fourth-order valence-corrected chi connectivity index (χ4v) is 4.37. The second-order valence-electron chi connectivity index (χ2n) is 9.41. The minimum atomic E-state index is -0.485. The summed E-state index contributed by atoms with van der Waals surface area (Å²) in [6, 6.07) is 3.47. The average Bonchev–Trinajstić information content (AvgIpc) is 3.57. The quantitative estimate of drug-likeness (QED) is 0.426. The molecule has 162 valence electrons. The number of pyridine rings is 1. The normalized spacial score (nSPS) is 21.9. The van der Waals surface area contributed by atoms with Crippen LogP contribution in [0.25, 0.3) is 0 Å². The number of hydrogen-bond donors (Lipinski definition) is 3. The molecule has 2 saturated carbocycles. The molecule has 3 aliphatic rings. The average molecular weight is 412 g/mol. The van der Waals surface area contributed by atoms with E-state index in [1.807, 2.05) is 6.08 Å². The van der Waals surface area contributed by atoms with E-state index >= 15 is 0 Å². The van der Waals surface area contributed by atoms with Gasteiger partial charge in [0.2, 0.25) is 0 Å². The van der Waals surface area contributed by atoms with Gasteiger partial charge in [0, 0.05) is 12.7 Å². The van der Waals surface area contributed by atoms with E-state index in [9.17, 15) is 4.79 Å². The third-order valence-corrected chi connectivity index (χ3v) is 6.10. The molecule has 0 aromatic carbocycles. The Bertz CT molecular complexity index is 858. The fraction of sp³-hybridized carbons (Fsp3) is 0.565. The number of carbonyl (C=O) groups excluding carboxylic acids is 1. The van der Waals surface area contributed by atoms with Crippen LogP contribution in [0.15, 0.2) is 36.1 Å². The molecule has 0 radical (unpaired) electrons. The Morgan fingerprint density at radius 2 is 1.97 bits per heavy atom. The molecular weight excluding hydrogens is 378 g/mol. The molecule has 5 N–H and O–H groups in total. The van der Waals surface area contributed by atoms with Crippen LogP contribution in [0.4, 0.5) is 11.6 Å². The summed E-state index contributed by atoms with van der Waals surface area (Å²) in [7, 11) is 0. The summed E-state index contributed by atoms with van der Waals surface area (Å²) in [5.74, 6) is 2.11. The van der Waals surface area contributed by atoms with Crippen molar-refractivity contribution in [2.45, 2.75) is 64.3 Å². The van der Waals surface area contributed by atoms with E-state index in [4.69, 9.17) is 16.2 Å². The zero-order chi connectivity index (χ0) is 21.5. The number of anilines is 2. The van der Waals surface area contributed by atoms with E-state index in [1.54, 1.807) is 18.3 Å². The summed E-state index contributed by atoms with van der Waals surface area (Å²) in [6.45, 7) is 6.99. The Hall–Kier alpha value is -2.38. The predicted molar refractivity (Wildman–Crippen MR) is 119 cm³/mol. The molecule has 2 fully saturated rings. The van der Waals surface area contributed by atoms with Gasteiger partial charge in [-0.3, -0.25) is 4.79 Å². The minimum absolute atomic E-state index is 0.243. The zero-order valence-electron chi connectivity index (χ0n) is 18.1. The van der Waals surface area contributed by atoms with Crippen LogP contribution in [0.5, 0.6) is 0 Å². The monoisotopic (exact) mass is 411 g/mol. The third kappa shape index (κ3) is 4.68. The third-order valence-electron chi connectivity index (χ3n) is 6.10. The van der Waals surface area contributed by atoms with Crippen molar-refractivity contribution < 1.29 is 9.53 Å². The zero-order valence-corrected chi connectivity index (χ0v) is 18.1. The predicted octanol–water partition coefficient (Wildman–Crippen LogP) is 3.14. The van der Waals surface area contributed by atoms with E-state index in [0.29, 0.717) is 41.7 Å². The van der Waals surface area contributed by atoms with Crippen molar-refractivity contribution in [2.24, 2.45) is 23.3 Å². The maximum Gasteiger partial charge on any atom is 0.252 e. The molecule has 7 heteroatoms. The number of primary amides is 1. The highest BCUT2D eigenvalue weighted by Gasteiger charge is 2.42. The van der Waals surface area contributed by atoms with Gasteiger partial charge in [0.15, 0.2) is 0 Å². The first kappa shape index (κ1) is 20.9. The molecule has 1 amide bonds. The first-order chi connectivity index (χ1) is 14.2. The Morgan fingerprint density at radius 1 is 1.30 bits per heavy atom. The van der Waals surface area contributed by atoms with Gasteiger partial charge in [0.1, 0.15) is 17.9 Å². The number of ether oxygens (including phenoxy) is 1. The highest BCUT2D eigenvalue weighted by Crippen LogP contribution is 2.46. The first-order valence-corrected chi connectivity index (χ1v) is 10.9. The Labute approximate surface area is 178 Å². The molecule has 2 aliphatic carbocycles. The van der Waals surface area contributed by atoms with Crippen LogP contribution in [0.2, 0.25) is 0 Å². The van der Waals surface area contributed by atoms with Gasteiger partial charge < -0.3 is 26.4 Å². The Balaban J connectivity index is 1.44. The van der Waals surface area contributed by atoms with E-state index in [1.165, 1.54) is 31.3 Å². The van der Waals surface area contributed by atoms with Crippen molar-refractivity contribution in [2.75, 3.05) is 16.8 Å². The largest absolute Gasteiger partial charge is 0.365 e. The number of nitrogens with one attached hydrogen (secondary N) is 1. The molecule has 7 nitrogen and oxygen atoms in total. The van der Waals surface area contributed by atoms with Crippen molar-refractivity contribution in [1.82, 2.24) is 4.98 Å². The lowest BCUT2D eigenvalue weighted by molar-refractivity contribution is -0.00986. The number of aromatic nitrogens is 1. The van der Waals surface area contributed by atoms with Gasteiger partial charge in [-0.25, -0.2) is 4.98 Å². The molecule has 0 saturated heterocycles. The van der Waals surface area contributed by atoms with E-state index in [0.717, 1.165) is 0 Å². The summed E-state index contributed by atoms with van der Waals surface area (Å²) < 4.78 is 6.09. The molecule has 1 atom stereocenters. The van der Waals surface area contributed by atoms with Gasteiger partial charge in [-0.15, -0.1) is 0 Å². The van der Waals surface area contributed by atoms with Crippen LogP contribution in [0.3, 0.4) is 0 Å². The van der Waals surface area contributed by atoms with E-state index < -0.39 is 12.1 Å². The van der Waals surface area contributed by atoms with Crippen molar-refractivity contribution in [1.29, 1.82) is 0 Å². The van der Waals surface area contributed by atoms with Crippen molar-refractivity contribution >= 4 is 17.5 Å². The number of nitrogens with zero attached hydrogens (tertiary/aromatic N) is 2. The van der Waals surface area contributed by atoms with Gasteiger partial charge in [-0.2, -0.15) is 0 Å². The lowest BCUT2D eigenvalue weighted by Gasteiger charge is -2.33. The second-order valence-corrected chi connectivity index (χ2v) is 9.41. The standard InChI is InChI=1S/C23H33N5O2/c1-14-12-23(2,3)28(13-14)22-17(21(25)29)8-9-19(27-22)26-11-10-18(24)30-20(15-4-5-15)16-6-7-16/h8-12,15-16,18,20H,4-7,13,24H2,1-3H3,(H2,25,29)(H,26,27)/b11-10-. The lowest BCUT2D eigenvalue weighted by Crippen LogP contribution is -2.40. The number of amides is 1. The van der Waals surface area contributed by atoms with Gasteiger partial charge in [-0.1, -0.05) is 11.6 Å². The molecule has 1 unspecified atom stereocenters. The molecule has 1 aromatic heterocycles. The topological polar surface area (TPSA) is 106 Å². The summed E-state index contributed by atoms with van der Waals surface area (Å²) in [5, 5.41) is 3.16. The number of rotatable bonds is 9. The highest BCUT2D eigenvalue weighted by atomic mass is 16.5. The smallest absolute Gasteiger partial charge is 0.252 e. The second kappa shape index (κ2) is 8.04. The summed E-state index contributed by atoms with van der Waals surface area (Å²) in [6.07, 6.45) is 10.7.